The average molecular weight is 319 g/mol. The highest BCUT2D eigenvalue weighted by Crippen LogP contribution is 2.44. The first kappa shape index (κ1) is 17.6. The maximum atomic E-state index is 11.2. The number of hydrogen-bond donors (Lipinski definition) is 5. The SMILES string of the molecule is N.NN=C(N)c1ccc(NC2CCC[C@H]3CCCC[C@]23O)cc1. The van der Waals surface area contributed by atoms with E-state index < -0.39 is 5.60 Å². The Balaban J connectivity index is 0.00000192. The molecule has 2 aliphatic rings. The molecule has 0 radical (unpaired) electrons. The van der Waals surface area contributed by atoms with Gasteiger partial charge in [-0.05, 0) is 55.9 Å². The molecule has 0 bridgehead atoms. The van der Waals surface area contributed by atoms with Gasteiger partial charge in [-0.3, -0.25) is 0 Å². The number of fused-ring (bicyclic) bond motifs is 1. The number of hydrazone groups is 1. The van der Waals surface area contributed by atoms with Crippen LogP contribution in [0.2, 0.25) is 0 Å². The van der Waals surface area contributed by atoms with Crippen molar-refractivity contribution in [2.45, 2.75) is 56.6 Å². The molecule has 23 heavy (non-hydrogen) atoms. The lowest BCUT2D eigenvalue weighted by atomic mass is 9.65. The van der Waals surface area contributed by atoms with Crippen LogP contribution in [0.5, 0.6) is 0 Å². The summed E-state index contributed by atoms with van der Waals surface area (Å²) in [4.78, 5) is 0. The molecule has 0 saturated heterocycles. The van der Waals surface area contributed by atoms with Crippen molar-refractivity contribution in [3.63, 3.8) is 0 Å². The molecule has 3 atom stereocenters. The van der Waals surface area contributed by atoms with Gasteiger partial charge in [0.1, 0.15) is 5.84 Å². The minimum atomic E-state index is -0.549. The topological polar surface area (TPSA) is 132 Å². The Kier molecular flexibility index (Phi) is 5.49. The summed E-state index contributed by atoms with van der Waals surface area (Å²) in [5, 5.41) is 18.2. The minimum absolute atomic E-state index is 0. The number of aliphatic hydroxyl groups is 1. The van der Waals surface area contributed by atoms with E-state index in [1.54, 1.807) is 0 Å². The molecule has 3 rings (SSSR count). The fourth-order valence-electron chi connectivity index (χ4n) is 4.13. The van der Waals surface area contributed by atoms with E-state index in [1.165, 1.54) is 12.8 Å². The molecule has 0 heterocycles. The lowest BCUT2D eigenvalue weighted by Gasteiger charge is -2.49. The Morgan fingerprint density at radius 1 is 1.13 bits per heavy atom. The number of amidine groups is 1. The van der Waals surface area contributed by atoms with Crippen LogP contribution in [0.3, 0.4) is 0 Å². The van der Waals surface area contributed by atoms with Crippen molar-refractivity contribution in [3.8, 4) is 0 Å². The Morgan fingerprint density at radius 3 is 2.52 bits per heavy atom. The monoisotopic (exact) mass is 319 g/mol. The van der Waals surface area contributed by atoms with Crippen LogP contribution in [0.4, 0.5) is 5.69 Å². The van der Waals surface area contributed by atoms with Gasteiger partial charge >= 0.3 is 0 Å². The van der Waals surface area contributed by atoms with Gasteiger partial charge in [0, 0.05) is 11.3 Å². The molecule has 6 nitrogen and oxygen atoms in total. The third-order valence-corrected chi connectivity index (χ3v) is 5.40. The Hall–Kier alpha value is -1.79. The summed E-state index contributed by atoms with van der Waals surface area (Å²) in [6.45, 7) is 0. The van der Waals surface area contributed by atoms with Crippen molar-refractivity contribution in [1.82, 2.24) is 6.15 Å². The number of nitrogens with zero attached hydrogens (tertiary/aromatic N) is 1. The number of rotatable bonds is 3. The molecule has 2 aliphatic carbocycles. The second-order valence-electron chi connectivity index (χ2n) is 6.65. The highest BCUT2D eigenvalue weighted by Gasteiger charge is 2.47. The molecule has 2 fully saturated rings. The normalized spacial score (nSPS) is 30.9. The van der Waals surface area contributed by atoms with E-state index in [0.717, 1.165) is 43.4 Å². The van der Waals surface area contributed by atoms with Gasteiger partial charge < -0.3 is 28.2 Å². The summed E-state index contributed by atoms with van der Waals surface area (Å²) in [5.74, 6) is 5.98. The van der Waals surface area contributed by atoms with Crippen LogP contribution in [-0.4, -0.2) is 22.6 Å². The first-order valence-electron chi connectivity index (χ1n) is 8.26. The smallest absolute Gasteiger partial charge is 0.150 e. The summed E-state index contributed by atoms with van der Waals surface area (Å²) in [5.41, 5.74) is 6.98. The number of benzene rings is 1. The van der Waals surface area contributed by atoms with Crippen LogP contribution in [0, 0.1) is 5.92 Å². The van der Waals surface area contributed by atoms with Crippen molar-refractivity contribution >= 4 is 11.5 Å². The van der Waals surface area contributed by atoms with Crippen molar-refractivity contribution in [1.29, 1.82) is 0 Å². The third kappa shape index (κ3) is 3.43. The van der Waals surface area contributed by atoms with Gasteiger partial charge in [-0.15, -0.1) is 0 Å². The first-order valence-corrected chi connectivity index (χ1v) is 8.26. The lowest BCUT2D eigenvalue weighted by Crippen LogP contribution is -2.56. The molecule has 6 heteroatoms. The van der Waals surface area contributed by atoms with Crippen molar-refractivity contribution < 1.29 is 5.11 Å². The Labute approximate surface area is 137 Å². The van der Waals surface area contributed by atoms with Gasteiger partial charge in [0.05, 0.1) is 11.6 Å². The van der Waals surface area contributed by atoms with E-state index in [1.807, 2.05) is 24.3 Å². The predicted molar refractivity (Wildman–Crippen MR) is 94.5 cm³/mol. The summed E-state index contributed by atoms with van der Waals surface area (Å²) >= 11 is 0. The molecule has 0 aliphatic heterocycles. The molecule has 1 aromatic carbocycles. The highest BCUT2D eigenvalue weighted by molar-refractivity contribution is 5.97. The predicted octanol–water partition coefficient (Wildman–Crippen LogP) is 2.31. The Morgan fingerprint density at radius 2 is 1.83 bits per heavy atom. The first-order chi connectivity index (χ1) is 10.6. The maximum Gasteiger partial charge on any atom is 0.150 e. The molecule has 2 saturated carbocycles. The molecular formula is C17H29N5O. The molecule has 1 unspecified atom stereocenters. The zero-order valence-corrected chi connectivity index (χ0v) is 13.7. The van der Waals surface area contributed by atoms with E-state index in [0.29, 0.717) is 11.8 Å². The minimum Gasteiger partial charge on any atom is -0.387 e. The van der Waals surface area contributed by atoms with Crippen LogP contribution >= 0.6 is 0 Å². The molecule has 1 aromatic rings. The molecule has 9 N–H and O–H groups in total. The summed E-state index contributed by atoms with van der Waals surface area (Å²) in [7, 11) is 0. The van der Waals surface area contributed by atoms with Crippen molar-refractivity contribution in [2.75, 3.05) is 5.32 Å². The average Bonchev–Trinajstić information content (AvgIpc) is 2.55. The maximum absolute atomic E-state index is 11.2. The molecule has 128 valence electrons. The Bertz CT molecular complexity index is 542. The quantitative estimate of drug-likeness (QED) is 0.252. The lowest BCUT2D eigenvalue weighted by molar-refractivity contribution is -0.0835. The second kappa shape index (κ2) is 7.19. The number of nitrogens with two attached hydrogens (primary N) is 2. The molecule has 0 spiro atoms. The van der Waals surface area contributed by atoms with E-state index in [9.17, 15) is 5.11 Å². The standard InChI is InChI=1S/C17H26N4O.H3N/c18-16(21-19)12-7-9-14(10-8-12)20-15-6-3-5-13-4-1-2-11-17(13,15)22;/h7-10,13,15,20,22H,1-6,11,19H2,(H2,18,21);1H3/t13-,15?,17-;/m1./s1. The van der Waals surface area contributed by atoms with Gasteiger partial charge in [0.2, 0.25) is 0 Å². The van der Waals surface area contributed by atoms with Gasteiger partial charge in [0.25, 0.3) is 0 Å². The van der Waals surface area contributed by atoms with Gasteiger partial charge in [-0.1, -0.05) is 19.3 Å². The fraction of sp³-hybridized carbons (Fsp3) is 0.588. The third-order valence-electron chi connectivity index (χ3n) is 5.40. The van der Waals surface area contributed by atoms with Crippen LogP contribution in [-0.2, 0) is 0 Å². The van der Waals surface area contributed by atoms with Gasteiger partial charge in [-0.2, -0.15) is 5.10 Å². The van der Waals surface area contributed by atoms with Crippen molar-refractivity contribution in [2.24, 2.45) is 22.6 Å². The van der Waals surface area contributed by atoms with E-state index in [4.69, 9.17) is 11.6 Å². The van der Waals surface area contributed by atoms with Crippen LogP contribution in [0.25, 0.3) is 0 Å². The number of hydrogen-bond acceptors (Lipinski definition) is 5. The van der Waals surface area contributed by atoms with Crippen LogP contribution in [0.15, 0.2) is 29.4 Å². The van der Waals surface area contributed by atoms with Gasteiger partial charge in [0.15, 0.2) is 0 Å². The van der Waals surface area contributed by atoms with E-state index >= 15 is 0 Å². The van der Waals surface area contributed by atoms with Crippen LogP contribution < -0.4 is 23.0 Å². The summed E-state index contributed by atoms with van der Waals surface area (Å²) < 4.78 is 0. The summed E-state index contributed by atoms with van der Waals surface area (Å²) in [6, 6.07) is 7.89. The van der Waals surface area contributed by atoms with Crippen molar-refractivity contribution in [3.05, 3.63) is 29.8 Å². The number of anilines is 1. The largest absolute Gasteiger partial charge is 0.387 e. The van der Waals surface area contributed by atoms with Gasteiger partial charge in [-0.25, -0.2) is 0 Å². The van der Waals surface area contributed by atoms with E-state index in [2.05, 4.69) is 10.4 Å². The highest BCUT2D eigenvalue weighted by atomic mass is 16.3. The van der Waals surface area contributed by atoms with Crippen LogP contribution in [0.1, 0.15) is 50.5 Å². The zero-order valence-electron chi connectivity index (χ0n) is 13.7. The second-order valence-corrected chi connectivity index (χ2v) is 6.65. The fourth-order valence-corrected chi connectivity index (χ4v) is 4.13. The molecule has 0 aromatic heterocycles. The number of nitrogens with one attached hydrogen (secondary N) is 1. The summed E-state index contributed by atoms with van der Waals surface area (Å²) in [6.07, 6.45) is 7.85. The zero-order chi connectivity index (χ0) is 15.6. The molecular weight excluding hydrogens is 290 g/mol. The molecule has 0 amide bonds. The van der Waals surface area contributed by atoms with E-state index in [-0.39, 0.29) is 12.2 Å².